The highest BCUT2D eigenvalue weighted by molar-refractivity contribution is 5.35. The molecule has 0 radical (unpaired) electrons. The van der Waals surface area contributed by atoms with Crippen LogP contribution in [0.25, 0.3) is 0 Å². The van der Waals surface area contributed by atoms with Crippen LogP contribution in [0.4, 0.5) is 0 Å². The molecule has 1 N–H and O–H groups in total. The third kappa shape index (κ3) is 3.51. The Bertz CT molecular complexity index is 535. The van der Waals surface area contributed by atoms with E-state index in [-0.39, 0.29) is 0 Å². The molecule has 0 aromatic heterocycles. The van der Waals surface area contributed by atoms with Crippen molar-refractivity contribution in [2.24, 2.45) is 5.92 Å². The van der Waals surface area contributed by atoms with Crippen molar-refractivity contribution < 1.29 is 5.11 Å². The summed E-state index contributed by atoms with van der Waals surface area (Å²) in [6, 6.07) is 9.66. The van der Waals surface area contributed by atoms with Crippen molar-refractivity contribution in [1.29, 1.82) is 5.26 Å². The van der Waals surface area contributed by atoms with Crippen molar-refractivity contribution in [3.05, 3.63) is 35.4 Å². The summed E-state index contributed by atoms with van der Waals surface area (Å²) in [6.07, 6.45) is 7.84. The molecule has 22 heavy (non-hydrogen) atoms. The number of hydrogen-bond acceptors (Lipinski definition) is 3. The molecule has 0 unspecified atom stereocenters. The molecule has 3 heteroatoms. The molecule has 118 valence electrons. The van der Waals surface area contributed by atoms with Gasteiger partial charge in [0.25, 0.3) is 0 Å². The number of hydrogen-bond donors (Lipinski definition) is 1. The Hall–Kier alpha value is -1.37. The van der Waals surface area contributed by atoms with E-state index in [0.717, 1.165) is 37.2 Å². The lowest BCUT2D eigenvalue weighted by molar-refractivity contribution is -0.0159. The van der Waals surface area contributed by atoms with Gasteiger partial charge in [0.15, 0.2) is 0 Å². The van der Waals surface area contributed by atoms with E-state index in [1.807, 2.05) is 18.2 Å². The SMILES string of the molecule is N#Cc1cccc(C2(O)CCC(CCN3CCCC3)CC2)c1. The van der Waals surface area contributed by atoms with Crippen LogP contribution in [0.3, 0.4) is 0 Å². The van der Waals surface area contributed by atoms with Crippen molar-refractivity contribution in [3.8, 4) is 6.07 Å². The van der Waals surface area contributed by atoms with Gasteiger partial charge in [0.1, 0.15) is 0 Å². The standard InChI is InChI=1S/C19H26N2O/c20-15-17-4-3-5-18(14-17)19(22)9-6-16(7-10-19)8-13-21-11-1-2-12-21/h3-5,14,16,22H,1-2,6-13H2. The van der Waals surface area contributed by atoms with Gasteiger partial charge in [0.2, 0.25) is 0 Å². The molecule has 1 heterocycles. The zero-order valence-electron chi connectivity index (χ0n) is 13.3. The van der Waals surface area contributed by atoms with E-state index in [1.165, 1.54) is 38.9 Å². The smallest absolute Gasteiger partial charge is 0.0991 e. The number of nitriles is 1. The fourth-order valence-corrected chi connectivity index (χ4v) is 3.98. The largest absolute Gasteiger partial charge is 0.385 e. The number of benzene rings is 1. The lowest BCUT2D eigenvalue weighted by atomic mass is 9.74. The van der Waals surface area contributed by atoms with E-state index in [2.05, 4.69) is 11.0 Å². The predicted molar refractivity (Wildman–Crippen MR) is 87.3 cm³/mol. The fraction of sp³-hybridized carbons (Fsp3) is 0.632. The minimum absolute atomic E-state index is 0.641. The zero-order chi connectivity index (χ0) is 15.4. The molecule has 2 aliphatic rings. The van der Waals surface area contributed by atoms with E-state index < -0.39 is 5.60 Å². The van der Waals surface area contributed by atoms with E-state index >= 15 is 0 Å². The second-order valence-corrected chi connectivity index (χ2v) is 7.00. The number of rotatable bonds is 4. The average Bonchev–Trinajstić information content (AvgIpc) is 3.08. The normalized spacial score (nSPS) is 29.4. The predicted octanol–water partition coefficient (Wildman–Crippen LogP) is 3.42. The lowest BCUT2D eigenvalue weighted by Gasteiger charge is -2.37. The third-order valence-electron chi connectivity index (χ3n) is 5.51. The third-order valence-corrected chi connectivity index (χ3v) is 5.51. The van der Waals surface area contributed by atoms with Gasteiger partial charge in [0.05, 0.1) is 17.2 Å². The van der Waals surface area contributed by atoms with Gasteiger partial charge in [-0.3, -0.25) is 0 Å². The monoisotopic (exact) mass is 298 g/mol. The van der Waals surface area contributed by atoms with Gasteiger partial charge in [-0.15, -0.1) is 0 Å². The molecule has 1 aliphatic heterocycles. The summed E-state index contributed by atoms with van der Waals surface area (Å²) in [5, 5.41) is 20.0. The van der Waals surface area contributed by atoms with E-state index in [1.54, 1.807) is 6.07 Å². The van der Waals surface area contributed by atoms with Crippen LogP contribution < -0.4 is 0 Å². The van der Waals surface area contributed by atoms with Gasteiger partial charge < -0.3 is 10.0 Å². The second-order valence-electron chi connectivity index (χ2n) is 7.00. The van der Waals surface area contributed by atoms with Crippen molar-refractivity contribution >= 4 is 0 Å². The Balaban J connectivity index is 1.54. The topological polar surface area (TPSA) is 47.3 Å². The molecule has 1 aliphatic carbocycles. The Morgan fingerprint density at radius 1 is 1.23 bits per heavy atom. The van der Waals surface area contributed by atoms with Crippen molar-refractivity contribution in [3.63, 3.8) is 0 Å². The molecule has 0 bridgehead atoms. The molecular formula is C19H26N2O. The minimum Gasteiger partial charge on any atom is -0.385 e. The van der Waals surface area contributed by atoms with Crippen molar-refractivity contribution in [1.82, 2.24) is 4.90 Å². The average molecular weight is 298 g/mol. The first-order valence-electron chi connectivity index (χ1n) is 8.65. The van der Waals surface area contributed by atoms with Gasteiger partial charge in [0, 0.05) is 0 Å². The number of likely N-dealkylation sites (tertiary alicyclic amines) is 1. The van der Waals surface area contributed by atoms with E-state index in [4.69, 9.17) is 5.26 Å². The van der Waals surface area contributed by atoms with Gasteiger partial charge in [-0.1, -0.05) is 12.1 Å². The molecular weight excluding hydrogens is 272 g/mol. The van der Waals surface area contributed by atoms with E-state index in [9.17, 15) is 5.11 Å². The zero-order valence-corrected chi connectivity index (χ0v) is 13.3. The van der Waals surface area contributed by atoms with Gasteiger partial charge in [-0.25, -0.2) is 0 Å². The van der Waals surface area contributed by atoms with Crippen LogP contribution in [0.5, 0.6) is 0 Å². The summed E-state index contributed by atoms with van der Waals surface area (Å²) in [6.45, 7) is 3.78. The fourth-order valence-electron chi connectivity index (χ4n) is 3.98. The highest BCUT2D eigenvalue weighted by Crippen LogP contribution is 2.40. The van der Waals surface area contributed by atoms with E-state index in [0.29, 0.717) is 5.56 Å². The van der Waals surface area contributed by atoms with Crippen LogP contribution >= 0.6 is 0 Å². The summed E-state index contributed by atoms with van der Waals surface area (Å²) in [4.78, 5) is 2.58. The molecule has 1 aromatic rings. The maximum absolute atomic E-state index is 10.9. The van der Waals surface area contributed by atoms with Gasteiger partial charge in [-0.2, -0.15) is 5.26 Å². The molecule has 0 spiro atoms. The number of aliphatic hydroxyl groups is 1. The molecule has 1 saturated heterocycles. The molecule has 0 amide bonds. The maximum Gasteiger partial charge on any atom is 0.0991 e. The van der Waals surface area contributed by atoms with Crippen LogP contribution in [-0.4, -0.2) is 29.6 Å². The number of nitrogens with zero attached hydrogens (tertiary/aromatic N) is 2. The molecule has 0 atom stereocenters. The molecule has 3 nitrogen and oxygen atoms in total. The highest BCUT2D eigenvalue weighted by Gasteiger charge is 2.34. The lowest BCUT2D eigenvalue weighted by Crippen LogP contribution is -2.32. The second kappa shape index (κ2) is 6.81. The van der Waals surface area contributed by atoms with Crippen molar-refractivity contribution in [2.45, 2.75) is 50.5 Å². The first kappa shape index (κ1) is 15.5. The summed E-state index contributed by atoms with van der Waals surface area (Å²) in [7, 11) is 0. The van der Waals surface area contributed by atoms with Crippen LogP contribution in [0.2, 0.25) is 0 Å². The van der Waals surface area contributed by atoms with Crippen molar-refractivity contribution in [2.75, 3.05) is 19.6 Å². The first-order valence-corrected chi connectivity index (χ1v) is 8.65. The summed E-state index contributed by atoms with van der Waals surface area (Å²) in [5.41, 5.74) is 0.836. The highest BCUT2D eigenvalue weighted by atomic mass is 16.3. The van der Waals surface area contributed by atoms with Gasteiger partial charge in [-0.05, 0) is 88.2 Å². The molecule has 1 aromatic carbocycles. The molecule has 3 rings (SSSR count). The Kier molecular flexibility index (Phi) is 4.81. The van der Waals surface area contributed by atoms with Crippen LogP contribution in [0, 0.1) is 17.2 Å². The Morgan fingerprint density at radius 2 is 1.95 bits per heavy atom. The van der Waals surface area contributed by atoms with Crippen LogP contribution in [0.15, 0.2) is 24.3 Å². The summed E-state index contributed by atoms with van der Waals surface area (Å²) in [5.74, 6) is 0.750. The van der Waals surface area contributed by atoms with Crippen LogP contribution in [-0.2, 0) is 5.60 Å². The first-order chi connectivity index (χ1) is 10.7. The quantitative estimate of drug-likeness (QED) is 0.926. The maximum atomic E-state index is 10.9. The Morgan fingerprint density at radius 3 is 2.64 bits per heavy atom. The summed E-state index contributed by atoms with van der Waals surface area (Å²) >= 11 is 0. The molecule has 2 fully saturated rings. The molecule has 1 saturated carbocycles. The Labute approximate surface area is 133 Å². The van der Waals surface area contributed by atoms with Crippen LogP contribution in [0.1, 0.15) is 56.1 Å². The minimum atomic E-state index is -0.725. The summed E-state index contributed by atoms with van der Waals surface area (Å²) < 4.78 is 0. The van der Waals surface area contributed by atoms with Gasteiger partial charge >= 0.3 is 0 Å².